The van der Waals surface area contributed by atoms with Crippen LogP contribution in [0, 0.1) is 5.41 Å². The molecule has 1 aromatic carbocycles. The van der Waals surface area contributed by atoms with E-state index in [-0.39, 0.29) is 10.8 Å². The van der Waals surface area contributed by atoms with Crippen LogP contribution in [0.2, 0.25) is 0 Å². The molecule has 1 aromatic rings. The number of hydrogen-bond acceptors (Lipinski definition) is 1. The highest BCUT2D eigenvalue weighted by molar-refractivity contribution is 9.10. The highest BCUT2D eigenvalue weighted by Crippen LogP contribution is 2.51. The molecule has 1 fully saturated rings. The van der Waals surface area contributed by atoms with E-state index < -0.39 is 0 Å². The van der Waals surface area contributed by atoms with Gasteiger partial charge in [-0.05, 0) is 36.5 Å². The van der Waals surface area contributed by atoms with Crippen LogP contribution in [0.25, 0.3) is 0 Å². The lowest BCUT2D eigenvalue weighted by Crippen LogP contribution is -2.25. The average Bonchev–Trinajstić information content (AvgIpc) is 2.38. The fourth-order valence-electron chi connectivity index (χ4n) is 2.89. The van der Waals surface area contributed by atoms with Crippen LogP contribution in [0.1, 0.15) is 50.0 Å². The number of halogens is 2. The lowest BCUT2D eigenvalue weighted by molar-refractivity contribution is 0.204. The molecule has 1 saturated carbocycles. The van der Waals surface area contributed by atoms with Gasteiger partial charge in [0.2, 0.25) is 0 Å². The van der Waals surface area contributed by atoms with Gasteiger partial charge in [-0.2, -0.15) is 0 Å². The average molecular weight is 332 g/mol. The molecule has 1 unspecified atom stereocenters. The smallest absolute Gasteiger partial charge is 0.123 e. The van der Waals surface area contributed by atoms with Crippen molar-refractivity contribution in [3.05, 3.63) is 28.2 Å². The van der Waals surface area contributed by atoms with Gasteiger partial charge in [-0.1, -0.05) is 42.1 Å². The molecule has 100 valence electrons. The first kappa shape index (κ1) is 14.2. The summed E-state index contributed by atoms with van der Waals surface area (Å²) in [6.07, 6.45) is 6.33. The van der Waals surface area contributed by atoms with Crippen LogP contribution in [0.15, 0.2) is 22.7 Å². The summed E-state index contributed by atoms with van der Waals surface area (Å²) in [6, 6.07) is 6.08. The lowest BCUT2D eigenvalue weighted by atomic mass is 9.71. The van der Waals surface area contributed by atoms with E-state index in [1.807, 2.05) is 12.1 Å². The van der Waals surface area contributed by atoms with Crippen LogP contribution < -0.4 is 4.74 Å². The van der Waals surface area contributed by atoms with Crippen molar-refractivity contribution in [2.24, 2.45) is 5.41 Å². The largest absolute Gasteiger partial charge is 0.496 e. The van der Waals surface area contributed by atoms with Gasteiger partial charge in [-0.3, -0.25) is 0 Å². The molecule has 0 radical (unpaired) electrons. The Hall–Kier alpha value is -0.210. The van der Waals surface area contributed by atoms with E-state index in [1.54, 1.807) is 7.11 Å². The first-order chi connectivity index (χ1) is 8.57. The third-order valence-corrected chi connectivity index (χ3v) is 5.33. The molecular formula is C15H20BrClO. The van der Waals surface area contributed by atoms with Gasteiger partial charge < -0.3 is 4.74 Å². The molecule has 0 N–H and O–H groups in total. The third kappa shape index (κ3) is 2.85. The predicted molar refractivity (Wildman–Crippen MR) is 80.5 cm³/mol. The first-order valence-electron chi connectivity index (χ1n) is 6.54. The van der Waals surface area contributed by atoms with Crippen LogP contribution in [0.4, 0.5) is 0 Å². The summed E-state index contributed by atoms with van der Waals surface area (Å²) in [4.78, 5) is 0. The predicted octanol–water partition coefficient (Wildman–Crippen LogP) is 5.71. The van der Waals surface area contributed by atoms with E-state index in [0.29, 0.717) is 0 Å². The van der Waals surface area contributed by atoms with Crippen molar-refractivity contribution in [1.29, 1.82) is 0 Å². The standard InChI is InChI=1S/C15H20BrClO/c1-15(8-4-3-5-9-15)14(17)12-10-11(16)6-7-13(12)18-2/h6-7,10,14H,3-5,8-9H2,1-2H3. The molecule has 1 atom stereocenters. The zero-order chi connectivity index (χ0) is 13.2. The highest BCUT2D eigenvalue weighted by Gasteiger charge is 2.36. The molecule has 0 saturated heterocycles. The van der Waals surface area contributed by atoms with Crippen molar-refractivity contribution in [3.8, 4) is 5.75 Å². The molecule has 0 bridgehead atoms. The minimum Gasteiger partial charge on any atom is -0.496 e. The van der Waals surface area contributed by atoms with E-state index in [4.69, 9.17) is 16.3 Å². The van der Waals surface area contributed by atoms with Gasteiger partial charge in [0, 0.05) is 10.0 Å². The molecule has 1 aliphatic carbocycles. The normalized spacial score (nSPS) is 20.4. The highest BCUT2D eigenvalue weighted by atomic mass is 79.9. The lowest BCUT2D eigenvalue weighted by Gasteiger charge is -2.38. The molecule has 0 amide bonds. The third-order valence-electron chi connectivity index (χ3n) is 4.07. The Morgan fingerprint density at radius 1 is 1.28 bits per heavy atom. The zero-order valence-electron chi connectivity index (χ0n) is 11.0. The van der Waals surface area contributed by atoms with Gasteiger partial charge in [-0.25, -0.2) is 0 Å². The van der Waals surface area contributed by atoms with Crippen molar-refractivity contribution in [3.63, 3.8) is 0 Å². The molecule has 0 spiro atoms. The number of alkyl halides is 1. The van der Waals surface area contributed by atoms with Crippen LogP contribution >= 0.6 is 27.5 Å². The van der Waals surface area contributed by atoms with Crippen LogP contribution in [0.3, 0.4) is 0 Å². The van der Waals surface area contributed by atoms with Crippen molar-refractivity contribution >= 4 is 27.5 Å². The number of hydrogen-bond donors (Lipinski definition) is 0. The summed E-state index contributed by atoms with van der Waals surface area (Å²) in [5.74, 6) is 0.894. The molecule has 18 heavy (non-hydrogen) atoms. The number of ether oxygens (including phenoxy) is 1. The Morgan fingerprint density at radius 2 is 1.94 bits per heavy atom. The summed E-state index contributed by atoms with van der Waals surface area (Å²) >= 11 is 10.3. The van der Waals surface area contributed by atoms with Gasteiger partial charge in [-0.15, -0.1) is 11.6 Å². The second-order valence-corrected chi connectivity index (χ2v) is 6.82. The minimum absolute atomic E-state index is 0.0187. The Balaban J connectivity index is 2.32. The number of benzene rings is 1. The maximum absolute atomic E-state index is 6.78. The summed E-state index contributed by atoms with van der Waals surface area (Å²) < 4.78 is 6.51. The summed E-state index contributed by atoms with van der Waals surface area (Å²) in [5, 5.41) is 0.0187. The topological polar surface area (TPSA) is 9.23 Å². The van der Waals surface area contributed by atoms with E-state index in [0.717, 1.165) is 15.8 Å². The molecule has 0 heterocycles. The molecule has 0 aliphatic heterocycles. The van der Waals surface area contributed by atoms with Gasteiger partial charge >= 0.3 is 0 Å². The maximum atomic E-state index is 6.78. The van der Waals surface area contributed by atoms with E-state index in [9.17, 15) is 0 Å². The monoisotopic (exact) mass is 330 g/mol. The zero-order valence-corrected chi connectivity index (χ0v) is 13.4. The van der Waals surface area contributed by atoms with E-state index in [1.165, 1.54) is 32.1 Å². The fourth-order valence-corrected chi connectivity index (χ4v) is 3.66. The fraction of sp³-hybridized carbons (Fsp3) is 0.600. The summed E-state index contributed by atoms with van der Waals surface area (Å²) in [7, 11) is 1.71. The maximum Gasteiger partial charge on any atom is 0.123 e. The Labute approximate surface area is 123 Å². The van der Waals surface area contributed by atoms with Crippen molar-refractivity contribution in [1.82, 2.24) is 0 Å². The van der Waals surface area contributed by atoms with E-state index >= 15 is 0 Å². The Morgan fingerprint density at radius 3 is 2.56 bits per heavy atom. The van der Waals surface area contributed by atoms with Crippen molar-refractivity contribution < 1.29 is 4.74 Å². The molecule has 2 rings (SSSR count). The second kappa shape index (κ2) is 5.83. The van der Waals surface area contributed by atoms with Gasteiger partial charge in [0.05, 0.1) is 12.5 Å². The number of methoxy groups -OCH3 is 1. The minimum atomic E-state index is 0.0187. The van der Waals surface area contributed by atoms with Crippen molar-refractivity contribution in [2.45, 2.75) is 44.4 Å². The van der Waals surface area contributed by atoms with E-state index in [2.05, 4.69) is 28.9 Å². The molecule has 1 aliphatic rings. The Bertz CT molecular complexity index is 413. The van der Waals surface area contributed by atoms with Crippen LogP contribution in [0.5, 0.6) is 5.75 Å². The number of rotatable bonds is 3. The van der Waals surface area contributed by atoms with Gasteiger partial charge in [0.15, 0.2) is 0 Å². The van der Waals surface area contributed by atoms with Gasteiger partial charge in [0.1, 0.15) is 5.75 Å². The molecule has 1 nitrogen and oxygen atoms in total. The van der Waals surface area contributed by atoms with Crippen LogP contribution in [-0.4, -0.2) is 7.11 Å². The van der Waals surface area contributed by atoms with Crippen molar-refractivity contribution in [2.75, 3.05) is 7.11 Å². The summed E-state index contributed by atoms with van der Waals surface area (Å²) in [6.45, 7) is 2.31. The SMILES string of the molecule is COc1ccc(Br)cc1C(Cl)C1(C)CCCCC1. The molecule has 0 aromatic heterocycles. The molecule has 3 heteroatoms. The quantitative estimate of drug-likeness (QED) is 0.645. The molecular weight excluding hydrogens is 312 g/mol. The first-order valence-corrected chi connectivity index (χ1v) is 7.77. The summed E-state index contributed by atoms with van der Waals surface area (Å²) in [5.41, 5.74) is 1.30. The van der Waals surface area contributed by atoms with Gasteiger partial charge in [0.25, 0.3) is 0 Å². The Kier molecular flexibility index (Phi) is 4.60. The van der Waals surface area contributed by atoms with Crippen LogP contribution in [-0.2, 0) is 0 Å². The second-order valence-electron chi connectivity index (χ2n) is 5.46.